The van der Waals surface area contributed by atoms with Crippen molar-refractivity contribution in [2.45, 2.75) is 63.5 Å². The lowest BCUT2D eigenvalue weighted by Crippen LogP contribution is -2.52. The third-order valence-corrected chi connectivity index (χ3v) is 6.91. The highest BCUT2D eigenvalue weighted by atomic mass is 32.2. The average molecular weight is 312 g/mol. The Bertz CT molecular complexity index is 373. The first-order valence-corrected chi connectivity index (χ1v) is 9.57. The van der Waals surface area contributed by atoms with Crippen molar-refractivity contribution in [3.8, 4) is 0 Å². The maximum absolute atomic E-state index is 12.1. The number of hydrogen-bond acceptors (Lipinski definition) is 3. The number of thioether (sulfide) groups is 1. The molecule has 2 N–H and O–H groups in total. The molecule has 0 radical (unpaired) electrons. The molecule has 4 nitrogen and oxygen atoms in total. The molecule has 0 bridgehead atoms. The second-order valence-corrected chi connectivity index (χ2v) is 8.16. The van der Waals surface area contributed by atoms with Crippen LogP contribution < -0.4 is 10.6 Å². The summed E-state index contributed by atoms with van der Waals surface area (Å²) in [5, 5.41) is 6.28. The van der Waals surface area contributed by atoms with E-state index in [0.717, 1.165) is 38.2 Å². The lowest BCUT2D eigenvalue weighted by atomic mass is 9.67. The van der Waals surface area contributed by atoms with Gasteiger partial charge in [0.25, 0.3) is 0 Å². The molecule has 1 saturated carbocycles. The Labute approximate surface area is 132 Å². The summed E-state index contributed by atoms with van der Waals surface area (Å²) in [6, 6.07) is 0.291. The number of carbonyl (C=O) groups excluding carboxylic acids is 1. The Hall–Kier alpha value is -0.420. The monoisotopic (exact) mass is 312 g/mol. The summed E-state index contributed by atoms with van der Waals surface area (Å²) in [5.74, 6) is 2.28. The van der Waals surface area contributed by atoms with Crippen LogP contribution in [-0.2, 0) is 4.74 Å². The molecule has 1 spiro atoms. The highest BCUT2D eigenvalue weighted by molar-refractivity contribution is 7.99. The van der Waals surface area contributed by atoms with Gasteiger partial charge in [-0.15, -0.1) is 0 Å². The van der Waals surface area contributed by atoms with Crippen LogP contribution in [0, 0.1) is 5.41 Å². The standard InChI is InChI=1S/C16H28N2O2S/c1-2-15(5-3-6-15)11-17-14(19)18-13-4-8-20-16(10-13)7-9-21-12-16/h13H,2-12H2,1H3,(H2,17,18,19)/t13-,16+/m1/s1. The molecular formula is C16H28N2O2S. The number of carbonyl (C=O) groups is 1. The van der Waals surface area contributed by atoms with E-state index < -0.39 is 0 Å². The van der Waals surface area contributed by atoms with Gasteiger partial charge in [0.1, 0.15) is 0 Å². The zero-order chi connectivity index (χ0) is 14.8. The number of amides is 2. The van der Waals surface area contributed by atoms with Crippen molar-refractivity contribution < 1.29 is 9.53 Å². The van der Waals surface area contributed by atoms with E-state index in [0.29, 0.717) is 5.41 Å². The molecule has 3 aliphatic rings. The van der Waals surface area contributed by atoms with Crippen LogP contribution >= 0.6 is 11.8 Å². The smallest absolute Gasteiger partial charge is 0.315 e. The van der Waals surface area contributed by atoms with Crippen LogP contribution in [0.1, 0.15) is 51.9 Å². The molecule has 2 amide bonds. The highest BCUT2D eigenvalue weighted by Crippen LogP contribution is 2.43. The molecule has 2 heterocycles. The number of ether oxygens (including phenoxy) is 1. The average Bonchev–Trinajstić information content (AvgIpc) is 2.86. The Balaban J connectivity index is 1.44. The first-order valence-electron chi connectivity index (χ1n) is 8.41. The maximum atomic E-state index is 12.1. The summed E-state index contributed by atoms with van der Waals surface area (Å²) < 4.78 is 6.00. The third-order valence-electron chi connectivity index (χ3n) is 5.68. The lowest BCUT2D eigenvalue weighted by molar-refractivity contribution is -0.0684. The zero-order valence-electron chi connectivity index (χ0n) is 13.1. The number of nitrogens with one attached hydrogen (secondary N) is 2. The fourth-order valence-electron chi connectivity index (χ4n) is 3.85. The quantitative estimate of drug-likeness (QED) is 0.839. The van der Waals surface area contributed by atoms with Gasteiger partial charge in [-0.3, -0.25) is 0 Å². The van der Waals surface area contributed by atoms with Crippen molar-refractivity contribution in [3.63, 3.8) is 0 Å². The summed E-state index contributed by atoms with van der Waals surface area (Å²) >= 11 is 1.97. The molecule has 1 aliphatic carbocycles. The number of hydrogen-bond donors (Lipinski definition) is 2. The van der Waals surface area contributed by atoms with E-state index in [4.69, 9.17) is 4.74 Å². The molecule has 2 aliphatic heterocycles. The van der Waals surface area contributed by atoms with Crippen molar-refractivity contribution in [2.24, 2.45) is 5.41 Å². The van der Waals surface area contributed by atoms with Gasteiger partial charge in [0.05, 0.1) is 5.60 Å². The van der Waals surface area contributed by atoms with Crippen LogP contribution in [0.4, 0.5) is 4.79 Å². The predicted molar refractivity (Wildman–Crippen MR) is 86.8 cm³/mol. The molecule has 5 heteroatoms. The Morgan fingerprint density at radius 3 is 2.86 bits per heavy atom. The SMILES string of the molecule is CCC1(CNC(=O)N[C@@H]2CCO[C@@]3(CCSC3)C2)CCC1. The molecule has 0 aromatic rings. The van der Waals surface area contributed by atoms with E-state index in [1.165, 1.54) is 31.4 Å². The van der Waals surface area contributed by atoms with Crippen molar-refractivity contribution in [3.05, 3.63) is 0 Å². The minimum Gasteiger partial charge on any atom is -0.374 e. The second kappa shape index (κ2) is 6.37. The normalized spacial score (nSPS) is 34.4. The van der Waals surface area contributed by atoms with E-state index in [9.17, 15) is 4.79 Å². The van der Waals surface area contributed by atoms with Gasteiger partial charge >= 0.3 is 6.03 Å². The first kappa shape index (κ1) is 15.5. The maximum Gasteiger partial charge on any atom is 0.315 e. The second-order valence-electron chi connectivity index (χ2n) is 7.06. The minimum atomic E-state index is 0.0161. The van der Waals surface area contributed by atoms with Gasteiger partial charge in [0, 0.05) is 24.9 Å². The molecule has 21 heavy (non-hydrogen) atoms. The third kappa shape index (κ3) is 3.50. The van der Waals surface area contributed by atoms with E-state index in [-0.39, 0.29) is 17.7 Å². The molecule has 120 valence electrons. The van der Waals surface area contributed by atoms with Crippen LogP contribution in [0.5, 0.6) is 0 Å². The molecule has 3 rings (SSSR count). The molecule has 3 fully saturated rings. The largest absolute Gasteiger partial charge is 0.374 e. The van der Waals surface area contributed by atoms with Gasteiger partial charge in [-0.1, -0.05) is 13.3 Å². The molecule has 2 saturated heterocycles. The summed E-state index contributed by atoms with van der Waals surface area (Å²) in [7, 11) is 0. The fraction of sp³-hybridized carbons (Fsp3) is 0.938. The van der Waals surface area contributed by atoms with E-state index in [2.05, 4.69) is 17.6 Å². The Morgan fingerprint density at radius 2 is 2.24 bits per heavy atom. The molecule has 2 atom stereocenters. The van der Waals surface area contributed by atoms with Crippen molar-refractivity contribution >= 4 is 17.8 Å². The predicted octanol–water partition coefficient (Wildman–Crippen LogP) is 2.92. The Morgan fingerprint density at radius 1 is 1.38 bits per heavy atom. The van der Waals surface area contributed by atoms with Gasteiger partial charge in [0.15, 0.2) is 0 Å². The summed E-state index contributed by atoms with van der Waals surface area (Å²) in [6.07, 6.45) is 8.08. The zero-order valence-corrected chi connectivity index (χ0v) is 13.9. The molecule has 0 aromatic heterocycles. The van der Waals surface area contributed by atoms with Gasteiger partial charge in [-0.2, -0.15) is 11.8 Å². The number of urea groups is 1. The van der Waals surface area contributed by atoms with Gasteiger partial charge in [-0.05, 0) is 49.7 Å². The fourth-order valence-corrected chi connectivity index (χ4v) is 5.23. The van der Waals surface area contributed by atoms with E-state index in [1.54, 1.807) is 0 Å². The minimum absolute atomic E-state index is 0.0161. The van der Waals surface area contributed by atoms with Crippen LogP contribution in [0.2, 0.25) is 0 Å². The van der Waals surface area contributed by atoms with Gasteiger partial charge < -0.3 is 15.4 Å². The van der Waals surface area contributed by atoms with Crippen molar-refractivity contribution in [1.29, 1.82) is 0 Å². The topological polar surface area (TPSA) is 50.4 Å². The van der Waals surface area contributed by atoms with Gasteiger partial charge in [0.2, 0.25) is 0 Å². The van der Waals surface area contributed by atoms with E-state index in [1.807, 2.05) is 11.8 Å². The summed E-state index contributed by atoms with van der Waals surface area (Å²) in [4.78, 5) is 12.1. The molecule has 0 aromatic carbocycles. The van der Waals surface area contributed by atoms with Crippen LogP contribution in [0.3, 0.4) is 0 Å². The van der Waals surface area contributed by atoms with Crippen LogP contribution in [0.15, 0.2) is 0 Å². The number of rotatable bonds is 4. The molecular weight excluding hydrogens is 284 g/mol. The van der Waals surface area contributed by atoms with Crippen molar-refractivity contribution in [1.82, 2.24) is 10.6 Å². The first-order chi connectivity index (χ1) is 10.2. The lowest BCUT2D eigenvalue weighted by Gasteiger charge is -2.42. The van der Waals surface area contributed by atoms with E-state index >= 15 is 0 Å². The summed E-state index contributed by atoms with van der Waals surface area (Å²) in [5.41, 5.74) is 0.426. The van der Waals surface area contributed by atoms with Crippen LogP contribution in [0.25, 0.3) is 0 Å². The highest BCUT2D eigenvalue weighted by Gasteiger charge is 2.41. The molecule has 0 unspecified atom stereocenters. The van der Waals surface area contributed by atoms with Crippen LogP contribution in [-0.4, -0.2) is 42.3 Å². The van der Waals surface area contributed by atoms with Crippen molar-refractivity contribution in [2.75, 3.05) is 24.7 Å². The Kier molecular flexibility index (Phi) is 4.69. The van der Waals surface area contributed by atoms with Gasteiger partial charge in [-0.25, -0.2) is 4.79 Å². The summed E-state index contributed by atoms with van der Waals surface area (Å²) in [6.45, 7) is 3.85.